The van der Waals surface area contributed by atoms with Crippen molar-refractivity contribution in [2.24, 2.45) is 5.92 Å². The van der Waals surface area contributed by atoms with E-state index in [1.165, 1.54) is 0 Å². The molecule has 1 aromatic carbocycles. The predicted octanol–water partition coefficient (Wildman–Crippen LogP) is 3.43. The third-order valence-electron chi connectivity index (χ3n) is 4.39. The van der Waals surface area contributed by atoms with Crippen LogP contribution in [0.2, 0.25) is 0 Å². The van der Waals surface area contributed by atoms with Crippen LogP contribution in [0.15, 0.2) is 35.6 Å². The first-order valence-electron chi connectivity index (χ1n) is 9.31. The Kier molecular flexibility index (Phi) is 7.02. The highest BCUT2D eigenvalue weighted by Gasteiger charge is 2.43. The molecule has 1 amide bonds. The van der Waals surface area contributed by atoms with Crippen LogP contribution in [0.3, 0.4) is 0 Å². The normalized spacial score (nSPS) is 17.4. The summed E-state index contributed by atoms with van der Waals surface area (Å²) in [5.74, 6) is -0.863. The summed E-state index contributed by atoms with van der Waals surface area (Å²) >= 11 is 0. The molecule has 0 aliphatic carbocycles. The van der Waals surface area contributed by atoms with Crippen molar-refractivity contribution in [1.29, 1.82) is 0 Å². The van der Waals surface area contributed by atoms with Gasteiger partial charge in [0.05, 0.1) is 17.7 Å². The monoisotopic (exact) mass is 375 g/mol. The van der Waals surface area contributed by atoms with E-state index in [1.807, 2.05) is 38.1 Å². The third-order valence-corrected chi connectivity index (χ3v) is 4.39. The number of methoxy groups -OCH3 is 1. The molecular weight excluding hydrogens is 346 g/mol. The highest BCUT2D eigenvalue weighted by Crippen LogP contribution is 2.39. The van der Waals surface area contributed by atoms with Gasteiger partial charge in [-0.15, -0.1) is 0 Å². The van der Waals surface area contributed by atoms with Crippen LogP contribution >= 0.6 is 0 Å². The van der Waals surface area contributed by atoms with Crippen molar-refractivity contribution in [2.75, 3.05) is 20.3 Å². The van der Waals surface area contributed by atoms with Crippen LogP contribution < -0.4 is 4.74 Å². The number of ketones is 1. The van der Waals surface area contributed by atoms with E-state index in [0.29, 0.717) is 25.3 Å². The molecule has 0 spiro atoms. The fraction of sp³-hybridized carbons (Fsp3) is 0.524. The molecule has 1 atom stereocenters. The summed E-state index contributed by atoms with van der Waals surface area (Å²) in [6.07, 6.45) is 0.612. The number of carbonyl (C=O) groups excluding carboxylic acids is 2. The predicted molar refractivity (Wildman–Crippen MR) is 103 cm³/mol. The van der Waals surface area contributed by atoms with Gasteiger partial charge in [0, 0.05) is 26.2 Å². The molecule has 1 unspecified atom stereocenters. The van der Waals surface area contributed by atoms with Gasteiger partial charge in [-0.2, -0.15) is 0 Å². The zero-order valence-corrected chi connectivity index (χ0v) is 16.7. The van der Waals surface area contributed by atoms with Gasteiger partial charge in [-0.05, 0) is 38.0 Å². The molecule has 6 heteroatoms. The Morgan fingerprint density at radius 3 is 2.56 bits per heavy atom. The van der Waals surface area contributed by atoms with Gasteiger partial charge >= 0.3 is 0 Å². The molecule has 0 radical (unpaired) electrons. The summed E-state index contributed by atoms with van der Waals surface area (Å²) in [6, 6.07) is 6.72. The number of nitrogens with zero attached hydrogens (tertiary/aromatic N) is 1. The third kappa shape index (κ3) is 4.69. The lowest BCUT2D eigenvalue weighted by molar-refractivity contribution is -0.129. The van der Waals surface area contributed by atoms with E-state index in [2.05, 4.69) is 0 Å². The Hall–Kier alpha value is -2.34. The minimum atomic E-state index is -0.625. The summed E-state index contributed by atoms with van der Waals surface area (Å²) in [7, 11) is 1.60. The molecule has 1 aliphatic heterocycles. The minimum Gasteiger partial charge on any atom is -0.503 e. The quantitative estimate of drug-likeness (QED) is 0.669. The van der Waals surface area contributed by atoms with E-state index >= 15 is 0 Å². The van der Waals surface area contributed by atoms with Gasteiger partial charge < -0.3 is 19.5 Å². The van der Waals surface area contributed by atoms with Crippen LogP contribution in [0.1, 0.15) is 45.7 Å². The van der Waals surface area contributed by atoms with Gasteiger partial charge in [0.15, 0.2) is 11.5 Å². The molecule has 148 valence electrons. The van der Waals surface area contributed by atoms with Crippen molar-refractivity contribution < 1.29 is 24.2 Å². The summed E-state index contributed by atoms with van der Waals surface area (Å²) in [4.78, 5) is 27.0. The van der Waals surface area contributed by atoms with Crippen molar-refractivity contribution in [2.45, 2.75) is 46.3 Å². The Labute approximate surface area is 160 Å². The summed E-state index contributed by atoms with van der Waals surface area (Å²) in [6.45, 7) is 8.25. The molecular formula is C21H29NO5. The van der Waals surface area contributed by atoms with Crippen molar-refractivity contribution >= 4 is 11.7 Å². The average Bonchev–Trinajstić information content (AvgIpc) is 2.85. The van der Waals surface area contributed by atoms with E-state index in [9.17, 15) is 14.7 Å². The molecule has 0 saturated heterocycles. The number of Topliss-reactive ketones (excluding diaryl/α,β-unsaturated/α-hetero) is 1. The topological polar surface area (TPSA) is 76.1 Å². The van der Waals surface area contributed by atoms with Gasteiger partial charge in [0.2, 0.25) is 0 Å². The first-order valence-corrected chi connectivity index (χ1v) is 9.31. The lowest BCUT2D eigenvalue weighted by Gasteiger charge is -2.27. The van der Waals surface area contributed by atoms with Crippen LogP contribution in [0, 0.1) is 5.92 Å². The molecule has 6 nitrogen and oxygen atoms in total. The Balaban J connectivity index is 2.46. The lowest BCUT2D eigenvalue weighted by Crippen LogP contribution is -2.33. The van der Waals surface area contributed by atoms with Gasteiger partial charge in [-0.1, -0.05) is 26.0 Å². The van der Waals surface area contributed by atoms with Crippen LogP contribution in [-0.2, 0) is 14.3 Å². The Bertz CT molecular complexity index is 723. The lowest BCUT2D eigenvalue weighted by atomic mass is 9.91. The highest BCUT2D eigenvalue weighted by atomic mass is 16.5. The number of amides is 1. The number of benzene rings is 1. The van der Waals surface area contributed by atoms with Gasteiger partial charge in [-0.25, -0.2) is 0 Å². The highest BCUT2D eigenvalue weighted by molar-refractivity contribution is 6.09. The number of hydrogen-bond donors (Lipinski definition) is 1. The Morgan fingerprint density at radius 2 is 1.96 bits per heavy atom. The number of aliphatic hydroxyl groups excluding tert-OH is 1. The molecule has 0 saturated carbocycles. The molecule has 1 aromatic rings. The second-order valence-corrected chi connectivity index (χ2v) is 7.27. The van der Waals surface area contributed by atoms with Crippen LogP contribution in [0.4, 0.5) is 0 Å². The summed E-state index contributed by atoms with van der Waals surface area (Å²) in [5.41, 5.74) is 0.904. The Morgan fingerprint density at radius 1 is 1.26 bits per heavy atom. The number of rotatable bonds is 9. The smallest absolute Gasteiger partial charge is 0.290 e. The number of ether oxygens (including phenoxy) is 2. The zero-order valence-electron chi connectivity index (χ0n) is 16.7. The second kappa shape index (κ2) is 9.04. The standard InChI is InChI=1S/C21H29NO5/c1-13(2)19(23)17-18(15-8-6-9-16(12-15)27-14(3)4)22(10-7-11-26-5)21(25)20(17)24/h6,8-9,12-14,18,24H,7,10-11H2,1-5H3. The minimum absolute atomic E-state index is 0.00368. The molecule has 1 N–H and O–H groups in total. The van der Waals surface area contributed by atoms with E-state index in [4.69, 9.17) is 9.47 Å². The van der Waals surface area contributed by atoms with E-state index in [-0.39, 0.29) is 23.4 Å². The number of hydrogen-bond acceptors (Lipinski definition) is 5. The van der Waals surface area contributed by atoms with Gasteiger partial charge in [0.25, 0.3) is 5.91 Å². The maximum Gasteiger partial charge on any atom is 0.290 e. The van der Waals surface area contributed by atoms with E-state index in [0.717, 1.165) is 5.56 Å². The second-order valence-electron chi connectivity index (χ2n) is 7.27. The SMILES string of the molecule is COCCCN1C(=O)C(O)=C(C(=O)C(C)C)C1c1cccc(OC(C)C)c1. The van der Waals surface area contributed by atoms with Crippen molar-refractivity contribution in [3.05, 3.63) is 41.2 Å². The van der Waals surface area contributed by atoms with Gasteiger partial charge in [-0.3, -0.25) is 9.59 Å². The largest absolute Gasteiger partial charge is 0.503 e. The number of aliphatic hydroxyl groups is 1. The van der Waals surface area contributed by atoms with E-state index in [1.54, 1.807) is 25.9 Å². The maximum atomic E-state index is 12.8. The average molecular weight is 375 g/mol. The molecule has 0 aromatic heterocycles. The fourth-order valence-corrected chi connectivity index (χ4v) is 3.20. The first kappa shape index (κ1) is 21.0. The van der Waals surface area contributed by atoms with Crippen molar-refractivity contribution in [3.8, 4) is 5.75 Å². The molecule has 2 rings (SSSR count). The zero-order chi connectivity index (χ0) is 20.1. The molecule has 1 aliphatic rings. The van der Waals surface area contributed by atoms with Gasteiger partial charge in [0.1, 0.15) is 5.75 Å². The van der Waals surface area contributed by atoms with Crippen LogP contribution in [0.25, 0.3) is 0 Å². The summed E-state index contributed by atoms with van der Waals surface area (Å²) < 4.78 is 10.8. The number of carbonyl (C=O) groups is 2. The van der Waals surface area contributed by atoms with Crippen molar-refractivity contribution in [3.63, 3.8) is 0 Å². The fourth-order valence-electron chi connectivity index (χ4n) is 3.20. The van der Waals surface area contributed by atoms with E-state index < -0.39 is 17.7 Å². The van der Waals surface area contributed by atoms with Crippen LogP contribution in [-0.4, -0.2) is 48.1 Å². The molecule has 0 bridgehead atoms. The van der Waals surface area contributed by atoms with Crippen molar-refractivity contribution in [1.82, 2.24) is 4.90 Å². The molecule has 27 heavy (non-hydrogen) atoms. The molecule has 0 fully saturated rings. The summed E-state index contributed by atoms with van der Waals surface area (Å²) in [5, 5.41) is 10.5. The first-order chi connectivity index (χ1) is 12.8. The molecule has 1 heterocycles. The maximum absolute atomic E-state index is 12.8. The van der Waals surface area contributed by atoms with Crippen LogP contribution in [0.5, 0.6) is 5.75 Å².